The minimum Gasteiger partial charge on any atom is -0.379 e. The molecule has 0 spiro atoms. The lowest BCUT2D eigenvalue weighted by atomic mass is 10.7. The molecule has 0 saturated carbocycles. The van der Waals surface area contributed by atoms with E-state index in [1.165, 1.54) is 0 Å². The quantitative estimate of drug-likeness (QED) is 0.586. The van der Waals surface area contributed by atoms with Crippen LogP contribution < -0.4 is 0 Å². The Labute approximate surface area is 74.8 Å². The van der Waals surface area contributed by atoms with Crippen LogP contribution in [0.5, 0.6) is 0 Å². The van der Waals surface area contributed by atoms with Gasteiger partial charge in [0.2, 0.25) is 0 Å². The highest BCUT2D eigenvalue weighted by molar-refractivity contribution is 4.33. The summed E-state index contributed by atoms with van der Waals surface area (Å²) in [6.45, 7) is 2.52. The molecule has 0 aromatic rings. The number of hydrogen-bond acceptors (Lipinski definition) is 3. The zero-order valence-electron chi connectivity index (χ0n) is 7.39. The molecule has 0 aliphatic carbocycles. The van der Waals surface area contributed by atoms with E-state index in [0.717, 1.165) is 0 Å². The van der Waals surface area contributed by atoms with Crippen molar-refractivity contribution in [1.29, 1.82) is 0 Å². The molecule has 0 fully saturated rings. The van der Waals surface area contributed by atoms with E-state index in [9.17, 15) is 13.2 Å². The molecule has 13 heavy (non-hydrogen) atoms. The molecule has 3 nitrogen and oxygen atoms in total. The number of ether oxygens (including phenoxy) is 3. The van der Waals surface area contributed by atoms with Gasteiger partial charge in [0.25, 0.3) is 0 Å². The first-order valence-corrected chi connectivity index (χ1v) is 3.92. The predicted octanol–water partition coefficient (Wildman–Crippen LogP) is 1.58. The van der Waals surface area contributed by atoms with Crippen LogP contribution in [0.3, 0.4) is 0 Å². The van der Waals surface area contributed by atoms with Gasteiger partial charge in [0.15, 0.2) is 0 Å². The fourth-order valence-electron chi connectivity index (χ4n) is 0.581. The predicted molar refractivity (Wildman–Crippen MR) is 39.3 cm³/mol. The summed E-state index contributed by atoms with van der Waals surface area (Å²) in [6, 6.07) is 0. The number of rotatable bonds is 7. The molecular weight excluding hydrogens is 189 g/mol. The molecular formula is C7H13F3O3. The first-order chi connectivity index (χ1) is 6.06. The molecule has 0 aromatic carbocycles. The van der Waals surface area contributed by atoms with Gasteiger partial charge in [0.05, 0.1) is 26.4 Å². The highest BCUT2D eigenvalue weighted by Crippen LogP contribution is 2.15. The van der Waals surface area contributed by atoms with E-state index in [1.54, 1.807) is 0 Å². The molecule has 0 heterocycles. The first-order valence-electron chi connectivity index (χ1n) is 3.92. The lowest BCUT2D eigenvalue weighted by Gasteiger charge is -2.07. The van der Waals surface area contributed by atoms with Crippen LogP contribution in [0.25, 0.3) is 0 Å². The molecule has 0 radical (unpaired) electrons. The molecule has 0 aliphatic heterocycles. The summed E-state index contributed by atoms with van der Waals surface area (Å²) in [5, 5.41) is 0. The molecule has 0 bridgehead atoms. The molecule has 0 saturated heterocycles. The monoisotopic (exact) mass is 202 g/mol. The second-order valence-electron chi connectivity index (χ2n) is 2.10. The van der Waals surface area contributed by atoms with Crippen molar-refractivity contribution in [2.75, 3.05) is 33.0 Å². The molecule has 0 unspecified atom stereocenters. The zero-order valence-corrected chi connectivity index (χ0v) is 7.39. The Morgan fingerprint density at radius 2 is 1.46 bits per heavy atom. The van der Waals surface area contributed by atoms with Crippen LogP contribution in [0.1, 0.15) is 6.92 Å². The topological polar surface area (TPSA) is 27.7 Å². The smallest absolute Gasteiger partial charge is 0.379 e. The van der Waals surface area contributed by atoms with Crippen molar-refractivity contribution in [2.45, 2.75) is 13.3 Å². The van der Waals surface area contributed by atoms with E-state index in [-0.39, 0.29) is 13.2 Å². The van der Waals surface area contributed by atoms with Crippen LogP contribution in [0.15, 0.2) is 0 Å². The van der Waals surface area contributed by atoms with Crippen LogP contribution in [-0.4, -0.2) is 39.4 Å². The lowest BCUT2D eigenvalue weighted by molar-refractivity contribution is -0.327. The largest absolute Gasteiger partial charge is 0.522 e. The molecule has 0 aliphatic rings. The average molecular weight is 202 g/mol. The molecule has 0 rings (SSSR count). The lowest BCUT2D eigenvalue weighted by Crippen LogP contribution is -2.18. The van der Waals surface area contributed by atoms with Crippen LogP contribution in [0.2, 0.25) is 0 Å². The normalized spacial score (nSPS) is 12.0. The highest BCUT2D eigenvalue weighted by atomic mass is 19.4. The Balaban J connectivity index is 3.00. The third kappa shape index (κ3) is 11.7. The molecule has 80 valence electrons. The molecule has 0 atom stereocenters. The fourth-order valence-corrected chi connectivity index (χ4v) is 0.581. The maximum absolute atomic E-state index is 11.4. The maximum Gasteiger partial charge on any atom is 0.522 e. The van der Waals surface area contributed by atoms with Gasteiger partial charge >= 0.3 is 6.36 Å². The average Bonchev–Trinajstić information content (AvgIpc) is 2.01. The van der Waals surface area contributed by atoms with Crippen molar-refractivity contribution >= 4 is 0 Å². The van der Waals surface area contributed by atoms with E-state index in [2.05, 4.69) is 4.74 Å². The summed E-state index contributed by atoms with van der Waals surface area (Å²) >= 11 is 0. The molecule has 0 aromatic heterocycles. The van der Waals surface area contributed by atoms with Gasteiger partial charge in [-0.1, -0.05) is 0 Å². The van der Waals surface area contributed by atoms with Crippen molar-refractivity contribution in [2.24, 2.45) is 0 Å². The van der Waals surface area contributed by atoms with E-state index in [0.29, 0.717) is 13.2 Å². The van der Waals surface area contributed by atoms with E-state index >= 15 is 0 Å². The summed E-state index contributed by atoms with van der Waals surface area (Å²) in [5.41, 5.74) is 0. The van der Waals surface area contributed by atoms with Gasteiger partial charge in [-0.2, -0.15) is 0 Å². The van der Waals surface area contributed by atoms with Gasteiger partial charge in [-0.05, 0) is 6.92 Å². The summed E-state index contributed by atoms with van der Waals surface area (Å²) in [7, 11) is 0. The van der Waals surface area contributed by atoms with Crippen molar-refractivity contribution < 1.29 is 27.4 Å². The van der Waals surface area contributed by atoms with Crippen LogP contribution in [0.4, 0.5) is 13.2 Å². The van der Waals surface area contributed by atoms with Gasteiger partial charge < -0.3 is 9.47 Å². The standard InChI is InChI=1S/C7H13F3O3/c1-2-11-3-4-12-5-6-13-7(8,9)10/h2-6H2,1H3. The maximum atomic E-state index is 11.4. The van der Waals surface area contributed by atoms with Crippen LogP contribution >= 0.6 is 0 Å². The Kier molecular flexibility index (Phi) is 6.93. The Bertz CT molecular complexity index is 116. The van der Waals surface area contributed by atoms with E-state index < -0.39 is 13.0 Å². The van der Waals surface area contributed by atoms with Crippen LogP contribution in [-0.2, 0) is 14.2 Å². The summed E-state index contributed by atoms with van der Waals surface area (Å²) in [5.74, 6) is 0. The fraction of sp³-hybridized carbons (Fsp3) is 1.00. The Hall–Kier alpha value is -0.330. The van der Waals surface area contributed by atoms with Crippen LogP contribution in [0, 0.1) is 0 Å². The number of halogens is 3. The van der Waals surface area contributed by atoms with Crippen molar-refractivity contribution in [3.63, 3.8) is 0 Å². The first kappa shape index (κ1) is 12.7. The second-order valence-corrected chi connectivity index (χ2v) is 2.10. The van der Waals surface area contributed by atoms with E-state index in [1.807, 2.05) is 6.92 Å². The van der Waals surface area contributed by atoms with Crippen molar-refractivity contribution in [3.8, 4) is 0 Å². The van der Waals surface area contributed by atoms with Gasteiger partial charge in [0.1, 0.15) is 0 Å². The summed E-state index contributed by atoms with van der Waals surface area (Å²) in [6.07, 6.45) is -4.57. The van der Waals surface area contributed by atoms with Crippen molar-refractivity contribution in [1.82, 2.24) is 0 Å². The minimum atomic E-state index is -4.57. The zero-order chi connectivity index (χ0) is 10.2. The van der Waals surface area contributed by atoms with Gasteiger partial charge in [-0.15, -0.1) is 13.2 Å². The third-order valence-corrected chi connectivity index (χ3v) is 1.07. The minimum absolute atomic E-state index is 0.0768. The Morgan fingerprint density at radius 1 is 0.923 bits per heavy atom. The summed E-state index contributed by atoms with van der Waals surface area (Å²) in [4.78, 5) is 0. The summed E-state index contributed by atoms with van der Waals surface area (Å²) < 4.78 is 47.3. The third-order valence-electron chi connectivity index (χ3n) is 1.07. The van der Waals surface area contributed by atoms with Crippen molar-refractivity contribution in [3.05, 3.63) is 0 Å². The molecule has 0 N–H and O–H groups in total. The molecule has 6 heteroatoms. The number of hydrogen-bond donors (Lipinski definition) is 0. The van der Waals surface area contributed by atoms with E-state index in [4.69, 9.17) is 9.47 Å². The highest BCUT2D eigenvalue weighted by Gasteiger charge is 2.28. The second kappa shape index (κ2) is 7.11. The van der Waals surface area contributed by atoms with Gasteiger partial charge in [0, 0.05) is 6.61 Å². The number of alkyl halides is 3. The van der Waals surface area contributed by atoms with Gasteiger partial charge in [-0.25, -0.2) is 0 Å². The Morgan fingerprint density at radius 3 is 2.00 bits per heavy atom. The van der Waals surface area contributed by atoms with Gasteiger partial charge in [-0.3, -0.25) is 4.74 Å². The molecule has 0 amide bonds. The SMILES string of the molecule is CCOCCOCCOC(F)(F)F.